The standard InChI is InChI=1S/C7H8N2O2/c8-11-9-7-4-2-1-3-6(7)5-10/h1-3,5H,4,8H2/b9-7+. The van der Waals surface area contributed by atoms with Crippen LogP contribution in [0.3, 0.4) is 0 Å². The van der Waals surface area contributed by atoms with Gasteiger partial charge in [0.05, 0.1) is 5.71 Å². The third-order valence-corrected chi connectivity index (χ3v) is 1.35. The van der Waals surface area contributed by atoms with E-state index in [1.165, 1.54) is 0 Å². The highest BCUT2D eigenvalue weighted by Gasteiger charge is 2.07. The number of nitrogens with zero attached hydrogens (tertiary/aromatic N) is 1. The van der Waals surface area contributed by atoms with E-state index in [-0.39, 0.29) is 0 Å². The molecule has 0 aromatic carbocycles. The summed E-state index contributed by atoms with van der Waals surface area (Å²) in [6.07, 6.45) is 6.63. The quantitative estimate of drug-likeness (QED) is 0.457. The number of carbonyl (C=O) groups excluding carboxylic acids is 1. The number of nitrogens with two attached hydrogens (primary N) is 1. The van der Waals surface area contributed by atoms with Crippen molar-refractivity contribution >= 4 is 12.0 Å². The van der Waals surface area contributed by atoms with Crippen LogP contribution in [0.2, 0.25) is 0 Å². The topological polar surface area (TPSA) is 64.7 Å². The Kier molecular flexibility index (Phi) is 2.57. The second-order valence-corrected chi connectivity index (χ2v) is 2.02. The monoisotopic (exact) mass is 152 g/mol. The molecule has 0 aliphatic heterocycles. The molecule has 11 heavy (non-hydrogen) atoms. The Labute approximate surface area is 64.0 Å². The van der Waals surface area contributed by atoms with Crippen LogP contribution < -0.4 is 5.90 Å². The molecule has 0 bridgehead atoms. The highest BCUT2D eigenvalue weighted by molar-refractivity contribution is 6.15. The molecule has 0 unspecified atom stereocenters. The zero-order valence-corrected chi connectivity index (χ0v) is 5.86. The van der Waals surface area contributed by atoms with E-state index in [2.05, 4.69) is 10.1 Å². The van der Waals surface area contributed by atoms with Crippen LogP contribution in [-0.4, -0.2) is 12.0 Å². The third kappa shape index (κ3) is 1.75. The van der Waals surface area contributed by atoms with E-state index >= 15 is 0 Å². The number of aldehydes is 1. The highest BCUT2D eigenvalue weighted by Crippen LogP contribution is 2.06. The average Bonchev–Trinajstić information content (AvgIpc) is 2.06. The van der Waals surface area contributed by atoms with Gasteiger partial charge in [0.1, 0.15) is 0 Å². The maximum Gasteiger partial charge on any atom is 0.152 e. The Hall–Kier alpha value is -1.42. The molecule has 4 nitrogen and oxygen atoms in total. The first-order valence-electron chi connectivity index (χ1n) is 3.13. The molecule has 0 spiro atoms. The minimum Gasteiger partial charge on any atom is -0.302 e. The maximum absolute atomic E-state index is 10.4. The Morgan fingerprint density at radius 2 is 2.55 bits per heavy atom. The van der Waals surface area contributed by atoms with Crippen LogP contribution in [0, 0.1) is 0 Å². The van der Waals surface area contributed by atoms with Gasteiger partial charge in [-0.3, -0.25) is 4.79 Å². The predicted octanol–water partition coefficient (Wildman–Crippen LogP) is 0.318. The molecule has 4 heteroatoms. The molecule has 58 valence electrons. The second-order valence-electron chi connectivity index (χ2n) is 2.02. The lowest BCUT2D eigenvalue weighted by atomic mass is 10.0. The van der Waals surface area contributed by atoms with Gasteiger partial charge in [-0.1, -0.05) is 23.4 Å². The first-order chi connectivity index (χ1) is 5.38. The normalized spacial score (nSPS) is 19.7. The number of allylic oxidation sites excluding steroid dienone is 4. The summed E-state index contributed by atoms with van der Waals surface area (Å²) >= 11 is 0. The van der Waals surface area contributed by atoms with Crippen molar-refractivity contribution in [2.24, 2.45) is 11.1 Å². The van der Waals surface area contributed by atoms with Crippen molar-refractivity contribution in [1.29, 1.82) is 0 Å². The van der Waals surface area contributed by atoms with Crippen LogP contribution in [0.5, 0.6) is 0 Å². The van der Waals surface area contributed by atoms with Crippen molar-refractivity contribution in [3.63, 3.8) is 0 Å². The molecule has 2 N–H and O–H groups in total. The SMILES string of the molecule is NO/N=C1\CC=CC=C1C=O. The molecule has 0 atom stereocenters. The van der Waals surface area contributed by atoms with Gasteiger partial charge in [0.15, 0.2) is 6.29 Å². The molecule has 1 aliphatic rings. The first-order valence-corrected chi connectivity index (χ1v) is 3.13. The van der Waals surface area contributed by atoms with E-state index in [9.17, 15) is 4.79 Å². The Bertz CT molecular complexity index is 241. The number of rotatable bonds is 2. The van der Waals surface area contributed by atoms with E-state index in [1.807, 2.05) is 6.08 Å². The van der Waals surface area contributed by atoms with Crippen molar-refractivity contribution < 1.29 is 9.73 Å². The van der Waals surface area contributed by atoms with Gasteiger partial charge in [-0.15, -0.1) is 5.90 Å². The van der Waals surface area contributed by atoms with E-state index in [0.29, 0.717) is 17.7 Å². The number of hydrogen-bond acceptors (Lipinski definition) is 4. The summed E-state index contributed by atoms with van der Waals surface area (Å²) < 4.78 is 0. The van der Waals surface area contributed by atoms with Gasteiger partial charge >= 0.3 is 0 Å². The van der Waals surface area contributed by atoms with Crippen molar-refractivity contribution in [2.75, 3.05) is 0 Å². The van der Waals surface area contributed by atoms with Gasteiger partial charge in [0, 0.05) is 12.0 Å². The zero-order valence-electron chi connectivity index (χ0n) is 5.86. The van der Waals surface area contributed by atoms with E-state index < -0.39 is 0 Å². The average molecular weight is 152 g/mol. The summed E-state index contributed by atoms with van der Waals surface area (Å²) in [5.74, 6) is 4.72. The summed E-state index contributed by atoms with van der Waals surface area (Å²) in [7, 11) is 0. The molecule has 0 fully saturated rings. The van der Waals surface area contributed by atoms with Gasteiger partial charge in [-0.2, -0.15) is 0 Å². The fourth-order valence-corrected chi connectivity index (χ4v) is 0.826. The van der Waals surface area contributed by atoms with Gasteiger partial charge in [0.2, 0.25) is 0 Å². The number of oxime groups is 1. The van der Waals surface area contributed by atoms with Crippen molar-refractivity contribution in [3.8, 4) is 0 Å². The van der Waals surface area contributed by atoms with Crippen LogP contribution >= 0.6 is 0 Å². The van der Waals surface area contributed by atoms with E-state index in [1.54, 1.807) is 12.2 Å². The van der Waals surface area contributed by atoms with E-state index in [4.69, 9.17) is 5.90 Å². The predicted molar refractivity (Wildman–Crippen MR) is 40.6 cm³/mol. The minimum atomic E-state index is 0.512. The number of hydrogen-bond donors (Lipinski definition) is 1. The maximum atomic E-state index is 10.4. The lowest BCUT2D eigenvalue weighted by Crippen LogP contribution is -2.08. The summed E-state index contributed by atoms with van der Waals surface area (Å²) in [5, 5.41) is 3.48. The van der Waals surface area contributed by atoms with Crippen LogP contribution in [0.4, 0.5) is 0 Å². The molecular weight excluding hydrogens is 144 g/mol. The molecule has 0 heterocycles. The lowest BCUT2D eigenvalue weighted by Gasteiger charge is -2.03. The summed E-state index contributed by atoms with van der Waals surface area (Å²) in [4.78, 5) is 14.4. The van der Waals surface area contributed by atoms with Gasteiger partial charge in [-0.25, -0.2) is 0 Å². The largest absolute Gasteiger partial charge is 0.302 e. The van der Waals surface area contributed by atoms with Crippen LogP contribution in [0.1, 0.15) is 6.42 Å². The minimum absolute atomic E-state index is 0.512. The smallest absolute Gasteiger partial charge is 0.152 e. The summed E-state index contributed by atoms with van der Waals surface area (Å²) in [6.45, 7) is 0. The van der Waals surface area contributed by atoms with Crippen LogP contribution in [0.15, 0.2) is 29.0 Å². The summed E-state index contributed by atoms with van der Waals surface area (Å²) in [6, 6.07) is 0. The van der Waals surface area contributed by atoms with Crippen LogP contribution in [0.25, 0.3) is 0 Å². The molecule has 0 radical (unpaired) electrons. The molecule has 0 saturated carbocycles. The molecular formula is C7H8N2O2. The van der Waals surface area contributed by atoms with Crippen LogP contribution in [-0.2, 0) is 9.73 Å². The Balaban J connectivity index is 2.83. The molecule has 0 amide bonds. The molecule has 0 aromatic rings. The van der Waals surface area contributed by atoms with Gasteiger partial charge < -0.3 is 4.94 Å². The van der Waals surface area contributed by atoms with Crippen molar-refractivity contribution in [3.05, 3.63) is 23.8 Å². The fraction of sp³-hybridized carbons (Fsp3) is 0.143. The van der Waals surface area contributed by atoms with Crippen molar-refractivity contribution in [2.45, 2.75) is 6.42 Å². The molecule has 0 saturated heterocycles. The van der Waals surface area contributed by atoms with Crippen molar-refractivity contribution in [1.82, 2.24) is 0 Å². The van der Waals surface area contributed by atoms with Gasteiger partial charge in [-0.05, 0) is 0 Å². The van der Waals surface area contributed by atoms with E-state index in [0.717, 1.165) is 6.29 Å². The zero-order chi connectivity index (χ0) is 8.10. The Morgan fingerprint density at radius 1 is 1.73 bits per heavy atom. The fourth-order valence-electron chi connectivity index (χ4n) is 0.826. The first kappa shape index (κ1) is 7.68. The van der Waals surface area contributed by atoms with Gasteiger partial charge in [0.25, 0.3) is 0 Å². The number of carbonyl (C=O) groups is 1. The molecule has 1 rings (SSSR count). The second kappa shape index (κ2) is 3.68. The third-order valence-electron chi connectivity index (χ3n) is 1.35. The summed E-state index contributed by atoms with van der Waals surface area (Å²) in [5.41, 5.74) is 1.07. The molecule has 0 aromatic heterocycles. The lowest BCUT2D eigenvalue weighted by molar-refractivity contribution is -0.104. The Morgan fingerprint density at radius 3 is 3.18 bits per heavy atom. The molecule has 1 aliphatic carbocycles. The highest BCUT2D eigenvalue weighted by atomic mass is 16.7.